The van der Waals surface area contributed by atoms with Gasteiger partial charge in [0.25, 0.3) is 0 Å². The molecule has 5 nitrogen and oxygen atoms in total. The Morgan fingerprint density at radius 3 is 2.21 bits per heavy atom. The third kappa shape index (κ3) is 1.69. The summed E-state index contributed by atoms with van der Waals surface area (Å²) in [6.07, 6.45) is 0. The molecule has 2 amide bonds. The van der Waals surface area contributed by atoms with Gasteiger partial charge in [-0.2, -0.15) is 0 Å². The average Bonchev–Trinajstić information content (AvgIpc) is 2.17. The highest BCUT2D eigenvalue weighted by atomic mass is 16.5. The minimum absolute atomic E-state index is 0.00843. The Balaban J connectivity index is 2.04. The van der Waals surface area contributed by atoms with Gasteiger partial charge >= 0.3 is 6.03 Å². The van der Waals surface area contributed by atoms with Crippen molar-refractivity contribution in [2.45, 2.75) is 19.0 Å². The predicted octanol–water partition coefficient (Wildman–Crippen LogP) is -0.185. The number of morpholine rings is 2. The second-order valence-corrected chi connectivity index (χ2v) is 3.63. The van der Waals surface area contributed by atoms with E-state index in [1.807, 2.05) is 11.8 Å². The molecule has 2 aliphatic heterocycles. The van der Waals surface area contributed by atoms with Gasteiger partial charge in [-0.3, -0.25) is 0 Å². The third-order valence-corrected chi connectivity index (χ3v) is 2.59. The van der Waals surface area contributed by atoms with Gasteiger partial charge in [0.1, 0.15) is 0 Å². The zero-order valence-corrected chi connectivity index (χ0v) is 8.36. The van der Waals surface area contributed by atoms with Crippen molar-refractivity contribution in [3.8, 4) is 0 Å². The lowest BCUT2D eigenvalue weighted by Crippen LogP contribution is -2.63. The minimum Gasteiger partial charge on any atom is -0.377 e. The molecule has 5 heteroatoms. The summed E-state index contributed by atoms with van der Waals surface area (Å²) < 4.78 is 10.8. The van der Waals surface area contributed by atoms with E-state index in [1.54, 1.807) is 0 Å². The SMILES string of the molecule is CCNC(=O)N1C2COCC1COC2. The lowest BCUT2D eigenvalue weighted by atomic mass is 10.1. The first-order valence-corrected chi connectivity index (χ1v) is 5.04. The standard InChI is InChI=1S/C9H16N2O3/c1-2-10-9(12)11-7-3-13-5-8(11)6-14-4-7/h7-8H,2-6H2,1H3,(H,10,12). The van der Waals surface area contributed by atoms with Crippen molar-refractivity contribution >= 4 is 6.03 Å². The summed E-state index contributed by atoms with van der Waals surface area (Å²) in [6.45, 7) is 4.95. The lowest BCUT2D eigenvalue weighted by molar-refractivity contribution is -0.116. The van der Waals surface area contributed by atoms with Gasteiger partial charge in [0.15, 0.2) is 0 Å². The lowest BCUT2D eigenvalue weighted by Gasteiger charge is -2.45. The normalized spacial score (nSPS) is 31.4. The molecule has 1 N–H and O–H groups in total. The van der Waals surface area contributed by atoms with E-state index >= 15 is 0 Å². The molecule has 0 spiro atoms. The molecule has 0 unspecified atom stereocenters. The second kappa shape index (κ2) is 4.14. The maximum Gasteiger partial charge on any atom is 0.318 e. The highest BCUT2D eigenvalue weighted by molar-refractivity contribution is 5.75. The van der Waals surface area contributed by atoms with Crippen LogP contribution in [0.3, 0.4) is 0 Å². The number of carbonyl (C=O) groups is 1. The number of carbonyl (C=O) groups excluding carboxylic acids is 1. The van der Waals surface area contributed by atoms with Gasteiger partial charge in [-0.05, 0) is 6.92 Å². The summed E-state index contributed by atoms with van der Waals surface area (Å²) in [5, 5.41) is 2.82. The van der Waals surface area contributed by atoms with Crippen molar-refractivity contribution < 1.29 is 14.3 Å². The number of nitrogens with zero attached hydrogens (tertiary/aromatic N) is 1. The van der Waals surface area contributed by atoms with Crippen molar-refractivity contribution in [3.63, 3.8) is 0 Å². The van der Waals surface area contributed by atoms with Crippen LogP contribution in [0.5, 0.6) is 0 Å². The Kier molecular flexibility index (Phi) is 2.88. The largest absolute Gasteiger partial charge is 0.377 e. The highest BCUT2D eigenvalue weighted by Gasteiger charge is 2.38. The van der Waals surface area contributed by atoms with Crippen LogP contribution in [0.15, 0.2) is 0 Å². The molecule has 0 aromatic heterocycles. The molecule has 14 heavy (non-hydrogen) atoms. The first-order chi connectivity index (χ1) is 6.83. The molecule has 0 saturated carbocycles. The molecule has 2 rings (SSSR count). The minimum atomic E-state index is 0.00843. The van der Waals surface area contributed by atoms with E-state index in [4.69, 9.17) is 9.47 Å². The Bertz CT molecular complexity index is 200. The van der Waals surface area contributed by atoms with E-state index < -0.39 is 0 Å². The summed E-state index contributed by atoms with van der Waals surface area (Å²) in [6, 6.07) is 0.192. The van der Waals surface area contributed by atoms with E-state index in [2.05, 4.69) is 5.32 Å². The van der Waals surface area contributed by atoms with Gasteiger partial charge in [0.2, 0.25) is 0 Å². The summed E-state index contributed by atoms with van der Waals surface area (Å²) >= 11 is 0. The number of nitrogens with one attached hydrogen (secondary N) is 1. The summed E-state index contributed by atoms with van der Waals surface area (Å²) in [7, 11) is 0. The number of ether oxygens (including phenoxy) is 2. The zero-order chi connectivity index (χ0) is 9.97. The van der Waals surface area contributed by atoms with Crippen LogP contribution in [0.4, 0.5) is 4.79 Å². The quantitative estimate of drug-likeness (QED) is 0.638. The average molecular weight is 200 g/mol. The van der Waals surface area contributed by atoms with Gasteiger partial charge in [-0.1, -0.05) is 0 Å². The molecule has 2 saturated heterocycles. The van der Waals surface area contributed by atoms with Gasteiger partial charge in [-0.15, -0.1) is 0 Å². The molecular formula is C9H16N2O3. The number of hydrogen-bond acceptors (Lipinski definition) is 3. The van der Waals surface area contributed by atoms with Crippen molar-refractivity contribution in [1.29, 1.82) is 0 Å². The van der Waals surface area contributed by atoms with Crippen LogP contribution in [0.1, 0.15) is 6.92 Å². The Morgan fingerprint density at radius 1 is 1.29 bits per heavy atom. The zero-order valence-electron chi connectivity index (χ0n) is 8.36. The number of fused-ring (bicyclic) bond motifs is 2. The molecular weight excluding hydrogens is 184 g/mol. The van der Waals surface area contributed by atoms with Crippen LogP contribution in [-0.4, -0.2) is 56.0 Å². The molecule has 0 aromatic carbocycles. The monoisotopic (exact) mass is 200 g/mol. The molecule has 0 aromatic rings. The van der Waals surface area contributed by atoms with Crippen molar-refractivity contribution in [3.05, 3.63) is 0 Å². The molecule has 2 aliphatic rings. The van der Waals surface area contributed by atoms with E-state index in [0.717, 1.165) is 0 Å². The fourth-order valence-corrected chi connectivity index (χ4v) is 1.97. The summed E-state index contributed by atoms with van der Waals surface area (Å²) in [5.41, 5.74) is 0. The number of urea groups is 1. The summed E-state index contributed by atoms with van der Waals surface area (Å²) in [5.74, 6) is 0. The smallest absolute Gasteiger partial charge is 0.318 e. The van der Waals surface area contributed by atoms with Crippen molar-refractivity contribution in [1.82, 2.24) is 10.2 Å². The Morgan fingerprint density at radius 2 is 1.79 bits per heavy atom. The third-order valence-electron chi connectivity index (χ3n) is 2.59. The maximum atomic E-state index is 11.7. The molecule has 2 fully saturated rings. The number of amides is 2. The first-order valence-electron chi connectivity index (χ1n) is 5.04. The van der Waals surface area contributed by atoms with Crippen LogP contribution in [0.25, 0.3) is 0 Å². The van der Waals surface area contributed by atoms with E-state index in [1.165, 1.54) is 0 Å². The molecule has 80 valence electrons. The van der Waals surface area contributed by atoms with Gasteiger partial charge in [-0.25, -0.2) is 4.79 Å². The van der Waals surface area contributed by atoms with E-state index in [9.17, 15) is 4.79 Å². The van der Waals surface area contributed by atoms with Crippen molar-refractivity contribution in [2.24, 2.45) is 0 Å². The topological polar surface area (TPSA) is 50.8 Å². The highest BCUT2D eigenvalue weighted by Crippen LogP contribution is 2.19. The van der Waals surface area contributed by atoms with Crippen LogP contribution >= 0.6 is 0 Å². The van der Waals surface area contributed by atoms with E-state index in [0.29, 0.717) is 33.0 Å². The van der Waals surface area contributed by atoms with Gasteiger partial charge < -0.3 is 19.7 Å². The van der Waals surface area contributed by atoms with Crippen LogP contribution in [0, 0.1) is 0 Å². The van der Waals surface area contributed by atoms with Crippen LogP contribution in [-0.2, 0) is 9.47 Å². The van der Waals surface area contributed by atoms with Crippen LogP contribution < -0.4 is 5.32 Å². The van der Waals surface area contributed by atoms with E-state index in [-0.39, 0.29) is 18.1 Å². The fourth-order valence-electron chi connectivity index (χ4n) is 1.97. The Labute approximate surface area is 83.3 Å². The molecule has 0 aliphatic carbocycles. The fraction of sp³-hybridized carbons (Fsp3) is 0.889. The second-order valence-electron chi connectivity index (χ2n) is 3.63. The van der Waals surface area contributed by atoms with Gasteiger partial charge in [0.05, 0.1) is 38.5 Å². The predicted molar refractivity (Wildman–Crippen MR) is 50.1 cm³/mol. The first kappa shape index (κ1) is 9.73. The molecule has 2 bridgehead atoms. The molecule has 0 atom stereocenters. The molecule has 0 radical (unpaired) electrons. The summed E-state index contributed by atoms with van der Waals surface area (Å²) in [4.78, 5) is 13.6. The molecule has 2 heterocycles. The Hall–Kier alpha value is -0.810. The number of rotatable bonds is 1. The van der Waals surface area contributed by atoms with Gasteiger partial charge in [0, 0.05) is 6.54 Å². The number of hydrogen-bond donors (Lipinski definition) is 1. The maximum absolute atomic E-state index is 11.7. The van der Waals surface area contributed by atoms with Crippen molar-refractivity contribution in [2.75, 3.05) is 33.0 Å². The van der Waals surface area contributed by atoms with Crippen LogP contribution in [0.2, 0.25) is 0 Å².